The molecule has 0 aromatic heterocycles. The van der Waals surface area contributed by atoms with Crippen molar-refractivity contribution in [1.29, 1.82) is 0 Å². The average molecular weight is 401 g/mol. The summed E-state index contributed by atoms with van der Waals surface area (Å²) < 4.78 is 1.14. The van der Waals surface area contributed by atoms with Crippen molar-refractivity contribution in [3.63, 3.8) is 0 Å². The van der Waals surface area contributed by atoms with Crippen LogP contribution in [0.2, 0.25) is 0 Å². The number of carbonyl (C=O) groups is 2. The lowest BCUT2D eigenvalue weighted by Gasteiger charge is -2.33. The van der Waals surface area contributed by atoms with Crippen molar-refractivity contribution in [2.24, 2.45) is 0 Å². The van der Waals surface area contributed by atoms with E-state index in [0.717, 1.165) is 22.3 Å². The standard InChI is InChI=1S/C15H20IN3O2/c1-11-3-4-13(9-14(11)16)17-15(21)10-18-5-7-19(8-6-18)12(2)20/h3-4,9H,5-8,10H2,1-2H3,(H,17,21). The highest BCUT2D eigenvalue weighted by atomic mass is 127. The number of carbonyl (C=O) groups excluding carboxylic acids is 2. The summed E-state index contributed by atoms with van der Waals surface area (Å²) in [7, 11) is 0. The van der Waals surface area contributed by atoms with Crippen molar-refractivity contribution in [2.45, 2.75) is 13.8 Å². The summed E-state index contributed by atoms with van der Waals surface area (Å²) in [6, 6.07) is 5.90. The molecule has 6 heteroatoms. The van der Waals surface area contributed by atoms with Gasteiger partial charge in [0.1, 0.15) is 0 Å². The van der Waals surface area contributed by atoms with Gasteiger partial charge in [0.2, 0.25) is 11.8 Å². The first-order chi connectivity index (χ1) is 9.95. The van der Waals surface area contributed by atoms with Crippen LogP contribution in [0.4, 0.5) is 5.69 Å². The van der Waals surface area contributed by atoms with Crippen LogP contribution >= 0.6 is 22.6 Å². The SMILES string of the molecule is CC(=O)N1CCN(CC(=O)Nc2ccc(C)c(I)c2)CC1. The molecule has 5 nitrogen and oxygen atoms in total. The van der Waals surface area contributed by atoms with Gasteiger partial charge in [-0.25, -0.2) is 0 Å². The highest BCUT2D eigenvalue weighted by Gasteiger charge is 2.20. The van der Waals surface area contributed by atoms with E-state index in [4.69, 9.17) is 0 Å². The summed E-state index contributed by atoms with van der Waals surface area (Å²) in [4.78, 5) is 27.2. The van der Waals surface area contributed by atoms with E-state index in [-0.39, 0.29) is 11.8 Å². The van der Waals surface area contributed by atoms with Gasteiger partial charge in [-0.3, -0.25) is 14.5 Å². The smallest absolute Gasteiger partial charge is 0.238 e. The number of halogens is 1. The molecule has 0 aliphatic carbocycles. The van der Waals surface area contributed by atoms with Crippen molar-refractivity contribution < 1.29 is 9.59 Å². The number of hydrogen-bond acceptors (Lipinski definition) is 3. The Morgan fingerprint density at radius 2 is 1.90 bits per heavy atom. The Labute approximate surface area is 138 Å². The van der Waals surface area contributed by atoms with Crippen molar-refractivity contribution in [1.82, 2.24) is 9.80 Å². The van der Waals surface area contributed by atoms with Gasteiger partial charge < -0.3 is 10.2 Å². The maximum absolute atomic E-state index is 12.1. The minimum Gasteiger partial charge on any atom is -0.340 e. The van der Waals surface area contributed by atoms with Gasteiger partial charge >= 0.3 is 0 Å². The fourth-order valence-corrected chi connectivity index (χ4v) is 2.81. The Kier molecular flexibility index (Phi) is 5.58. The number of nitrogens with zero attached hydrogens (tertiary/aromatic N) is 2. The quantitative estimate of drug-likeness (QED) is 0.785. The van der Waals surface area contributed by atoms with E-state index in [1.807, 2.05) is 30.0 Å². The van der Waals surface area contributed by atoms with Crippen LogP contribution in [0.25, 0.3) is 0 Å². The molecule has 1 N–H and O–H groups in total. The van der Waals surface area contributed by atoms with Crippen LogP contribution < -0.4 is 5.32 Å². The molecule has 0 unspecified atom stereocenters. The van der Waals surface area contributed by atoms with Crippen LogP contribution in [0.15, 0.2) is 18.2 Å². The minimum atomic E-state index is -0.00840. The van der Waals surface area contributed by atoms with E-state index in [9.17, 15) is 9.59 Å². The van der Waals surface area contributed by atoms with Gasteiger partial charge in [-0.2, -0.15) is 0 Å². The molecule has 1 fully saturated rings. The van der Waals surface area contributed by atoms with Gasteiger partial charge in [-0.1, -0.05) is 6.07 Å². The number of rotatable bonds is 3. The summed E-state index contributed by atoms with van der Waals surface area (Å²) in [6.07, 6.45) is 0. The van der Waals surface area contributed by atoms with E-state index in [0.29, 0.717) is 19.6 Å². The second-order valence-electron chi connectivity index (χ2n) is 5.29. The van der Waals surface area contributed by atoms with Crippen molar-refractivity contribution in [3.8, 4) is 0 Å². The second kappa shape index (κ2) is 7.22. The molecule has 1 aromatic carbocycles. The molecular formula is C15H20IN3O2. The van der Waals surface area contributed by atoms with E-state index in [1.165, 1.54) is 5.56 Å². The monoisotopic (exact) mass is 401 g/mol. The molecule has 21 heavy (non-hydrogen) atoms. The molecule has 2 amide bonds. The van der Waals surface area contributed by atoms with Crippen molar-refractivity contribution >= 4 is 40.1 Å². The zero-order valence-electron chi connectivity index (χ0n) is 12.4. The van der Waals surface area contributed by atoms with Gasteiger partial charge in [-0.15, -0.1) is 0 Å². The Balaban J connectivity index is 1.82. The largest absolute Gasteiger partial charge is 0.340 e. The maximum Gasteiger partial charge on any atom is 0.238 e. The van der Waals surface area contributed by atoms with Gasteiger partial charge in [0, 0.05) is 42.4 Å². The highest BCUT2D eigenvalue weighted by molar-refractivity contribution is 14.1. The van der Waals surface area contributed by atoms with Gasteiger partial charge in [-0.05, 0) is 47.2 Å². The van der Waals surface area contributed by atoms with Crippen LogP contribution in [0.1, 0.15) is 12.5 Å². The zero-order valence-corrected chi connectivity index (χ0v) is 14.5. The first-order valence-corrected chi connectivity index (χ1v) is 8.07. The Morgan fingerprint density at radius 1 is 1.24 bits per heavy atom. The highest BCUT2D eigenvalue weighted by Crippen LogP contribution is 2.17. The van der Waals surface area contributed by atoms with Crippen molar-refractivity contribution in [2.75, 3.05) is 38.0 Å². The summed E-state index contributed by atoms with van der Waals surface area (Å²) in [5, 5.41) is 2.93. The molecule has 1 heterocycles. The molecule has 0 radical (unpaired) electrons. The summed E-state index contributed by atoms with van der Waals surface area (Å²) in [5.74, 6) is 0.0965. The summed E-state index contributed by atoms with van der Waals surface area (Å²) in [5.41, 5.74) is 2.03. The molecule has 2 rings (SSSR count). The fourth-order valence-electron chi connectivity index (χ4n) is 2.30. The van der Waals surface area contributed by atoms with E-state index >= 15 is 0 Å². The lowest BCUT2D eigenvalue weighted by molar-refractivity contribution is -0.130. The summed E-state index contributed by atoms with van der Waals surface area (Å²) in [6.45, 7) is 6.90. The number of anilines is 1. The molecule has 0 bridgehead atoms. The van der Waals surface area contributed by atoms with Gasteiger partial charge in [0.05, 0.1) is 6.54 Å². The minimum absolute atomic E-state index is 0.00840. The lowest BCUT2D eigenvalue weighted by Crippen LogP contribution is -2.49. The van der Waals surface area contributed by atoms with Crippen molar-refractivity contribution in [3.05, 3.63) is 27.3 Å². The predicted octanol–water partition coefficient (Wildman–Crippen LogP) is 1.70. The number of nitrogens with one attached hydrogen (secondary N) is 1. The predicted molar refractivity (Wildman–Crippen MR) is 91.2 cm³/mol. The molecule has 0 saturated carbocycles. The average Bonchev–Trinajstić information content (AvgIpc) is 2.43. The normalized spacial score (nSPS) is 15.9. The number of benzene rings is 1. The Hall–Kier alpha value is -1.15. The Bertz CT molecular complexity index is 540. The number of amides is 2. The zero-order chi connectivity index (χ0) is 15.4. The maximum atomic E-state index is 12.1. The molecule has 114 valence electrons. The first kappa shape index (κ1) is 16.2. The third-order valence-corrected chi connectivity index (χ3v) is 4.80. The van der Waals surface area contributed by atoms with E-state index < -0.39 is 0 Å². The van der Waals surface area contributed by atoms with Crippen LogP contribution in [-0.4, -0.2) is 54.3 Å². The molecule has 1 aliphatic heterocycles. The van der Waals surface area contributed by atoms with E-state index in [1.54, 1.807) is 6.92 Å². The fraction of sp³-hybridized carbons (Fsp3) is 0.467. The van der Waals surface area contributed by atoms with Crippen LogP contribution in [0.3, 0.4) is 0 Å². The molecule has 1 aromatic rings. The molecule has 1 aliphatic rings. The topological polar surface area (TPSA) is 52.7 Å². The van der Waals surface area contributed by atoms with Crippen LogP contribution in [0, 0.1) is 10.5 Å². The third-order valence-electron chi connectivity index (χ3n) is 3.64. The van der Waals surface area contributed by atoms with Gasteiger partial charge in [0.25, 0.3) is 0 Å². The second-order valence-corrected chi connectivity index (χ2v) is 6.46. The number of aryl methyl sites for hydroxylation is 1. The number of piperazine rings is 1. The molecule has 0 atom stereocenters. The number of hydrogen-bond donors (Lipinski definition) is 1. The van der Waals surface area contributed by atoms with Crippen LogP contribution in [-0.2, 0) is 9.59 Å². The molecule has 0 spiro atoms. The molecule has 1 saturated heterocycles. The van der Waals surface area contributed by atoms with Gasteiger partial charge in [0.15, 0.2) is 0 Å². The van der Waals surface area contributed by atoms with E-state index in [2.05, 4.69) is 32.8 Å². The molecular weight excluding hydrogens is 381 g/mol. The lowest BCUT2D eigenvalue weighted by atomic mass is 10.2. The third kappa shape index (κ3) is 4.67. The van der Waals surface area contributed by atoms with Crippen LogP contribution in [0.5, 0.6) is 0 Å². The Morgan fingerprint density at radius 3 is 2.48 bits per heavy atom. The summed E-state index contributed by atoms with van der Waals surface area (Å²) >= 11 is 2.26. The first-order valence-electron chi connectivity index (χ1n) is 6.99.